The number of methoxy groups -OCH3 is 2. The maximum Gasteiger partial charge on any atom is 0.327 e. The molecule has 0 radical (unpaired) electrons. The van der Waals surface area contributed by atoms with E-state index in [0.717, 1.165) is 16.7 Å². The fourth-order valence-corrected chi connectivity index (χ4v) is 13.3. The number of carbonyl (C=O) groups is 2. The lowest BCUT2D eigenvalue weighted by molar-refractivity contribution is -0.119. The van der Waals surface area contributed by atoms with E-state index in [1.165, 1.54) is 17.2 Å². The third kappa shape index (κ3) is 13.2. The topological polar surface area (TPSA) is 303 Å². The van der Waals surface area contributed by atoms with Crippen LogP contribution in [0.25, 0.3) is 22.3 Å². The number of nitriles is 1. The van der Waals surface area contributed by atoms with E-state index < -0.39 is 83.7 Å². The Hall–Kier alpha value is -7.50. The number of aliphatic hydroxyl groups excluding tert-OH is 1. The van der Waals surface area contributed by atoms with E-state index in [0.29, 0.717) is 30.8 Å². The molecule has 2 aliphatic rings. The number of nitrogens with one attached hydrogen (secondary N) is 4. The number of H-pyrrole nitrogens is 2. The van der Waals surface area contributed by atoms with E-state index in [1.807, 2.05) is 92.7 Å². The number of aliphatic hydroxyl groups is 1. The number of aromatic nitrogens is 8. The minimum atomic E-state index is -4.19. The van der Waals surface area contributed by atoms with E-state index >= 15 is 0 Å². The molecule has 2 fully saturated rings. The molecule has 26 heteroatoms. The predicted molar refractivity (Wildman–Crippen MR) is 323 cm³/mol. The molecular formula is C60H72N11O13PS. The number of imidazole rings is 2. The third-order valence-corrected chi connectivity index (χ3v) is 18.2. The normalized spacial score (nSPS) is 20.0. The highest BCUT2D eigenvalue weighted by Crippen LogP contribution is 2.58. The molecule has 456 valence electrons. The summed E-state index contributed by atoms with van der Waals surface area (Å²) >= 11 is 6.54. The zero-order chi connectivity index (χ0) is 61.5. The SMILES string of the molecule is C=CCC(CC)(CC)C(CC#N)OP(=S)(OC[C@H]1O[C@@H](n2cnc3c(=O)[nH]c(NC(=O)C(C)C)nc32)C[C@@H]1O)O[C@H]1C[C@H](n2cnc3c(=O)[nH]c(NC(=O)C(C)C)nc32)O[C@@H]1COC(c1ccccc1)(c1ccc(OC)cc1)c1ccc(OC)cc1. The molecule has 3 aromatic carbocycles. The second-order valence-electron chi connectivity index (χ2n) is 21.8. The van der Waals surface area contributed by atoms with Gasteiger partial charge in [-0.15, -0.1) is 6.58 Å². The molecule has 4 aromatic heterocycles. The van der Waals surface area contributed by atoms with Crippen molar-refractivity contribution in [3.63, 3.8) is 0 Å². The van der Waals surface area contributed by atoms with Crippen molar-refractivity contribution >= 4 is 64.6 Å². The van der Waals surface area contributed by atoms with Crippen molar-refractivity contribution in [2.45, 2.75) is 129 Å². The van der Waals surface area contributed by atoms with Gasteiger partial charge in [0, 0.05) is 30.1 Å². The number of rotatable bonds is 27. The Bertz CT molecular complexity index is 3690. The molecule has 0 aliphatic carbocycles. The van der Waals surface area contributed by atoms with Gasteiger partial charge in [-0.1, -0.05) is 102 Å². The van der Waals surface area contributed by atoms with Gasteiger partial charge in [-0.2, -0.15) is 15.2 Å². The molecule has 2 aliphatic heterocycles. The Labute approximate surface area is 501 Å². The van der Waals surface area contributed by atoms with Crippen LogP contribution in [0, 0.1) is 28.6 Å². The average Bonchev–Trinajstić information content (AvgIpc) is 1.15. The molecule has 0 bridgehead atoms. The summed E-state index contributed by atoms with van der Waals surface area (Å²) in [5, 5.41) is 27.5. The molecular weight excluding hydrogens is 1150 g/mol. The predicted octanol–water partition coefficient (Wildman–Crippen LogP) is 8.71. The van der Waals surface area contributed by atoms with Gasteiger partial charge in [-0.25, -0.2) is 9.97 Å². The van der Waals surface area contributed by atoms with Gasteiger partial charge in [-0.3, -0.25) is 48.9 Å². The van der Waals surface area contributed by atoms with E-state index in [2.05, 4.69) is 53.2 Å². The Balaban J connectivity index is 1.12. The molecule has 24 nitrogen and oxygen atoms in total. The molecule has 2 amide bonds. The first-order valence-electron chi connectivity index (χ1n) is 28.4. The molecule has 2 saturated heterocycles. The number of carbonyl (C=O) groups excluding carboxylic acids is 2. The zero-order valence-electron chi connectivity index (χ0n) is 49.1. The van der Waals surface area contributed by atoms with E-state index in [-0.39, 0.29) is 78.5 Å². The fourth-order valence-electron chi connectivity index (χ4n) is 10.8. The molecule has 0 spiro atoms. The van der Waals surface area contributed by atoms with Crippen LogP contribution in [0.4, 0.5) is 11.9 Å². The quantitative estimate of drug-likeness (QED) is 0.0183. The van der Waals surface area contributed by atoms with Gasteiger partial charge in [0.05, 0.1) is 70.9 Å². The van der Waals surface area contributed by atoms with Crippen molar-refractivity contribution in [1.29, 1.82) is 5.26 Å². The maximum atomic E-state index is 13.6. The van der Waals surface area contributed by atoms with Gasteiger partial charge in [0.1, 0.15) is 41.8 Å². The molecule has 2 unspecified atom stereocenters. The standard InChI is InChI=1S/C60H72N11O13PS/c1-10-27-59(11-2,12-3)46(26-28-61)84-85(86,80-32-44-42(72)29-47(81-44)70-33-62-49-51(70)64-57(68-55(49)75)66-53(73)35(4)5)83-43-30-48(71-34-63-50-52(71)65-58(69-56(50)76)67-54(74)36(6)7)82-45(43)31-79-60(37-16-14-13-15-17-37,38-18-22-40(77-8)23-19-38)39-20-24-41(78-9)25-21-39/h10,13-25,33-36,42-48,72H,1,11-12,26-27,29-32H2,2-9H3,(H2,64,66,68,73,75)(H2,65,67,69,74,76)/t42-,43-,44+,45+,46?,47+,48+,85?/m0/s1. The van der Waals surface area contributed by atoms with Crippen molar-refractivity contribution in [1.82, 2.24) is 39.0 Å². The summed E-state index contributed by atoms with van der Waals surface area (Å²) in [7, 11) is 3.18. The van der Waals surface area contributed by atoms with Crippen molar-refractivity contribution in [3.05, 3.63) is 142 Å². The summed E-state index contributed by atoms with van der Waals surface area (Å²) in [6.07, 6.45) is -1.07. The monoisotopic (exact) mass is 1220 g/mol. The van der Waals surface area contributed by atoms with Crippen molar-refractivity contribution in [2.24, 2.45) is 17.3 Å². The maximum absolute atomic E-state index is 13.6. The number of ether oxygens (including phenoxy) is 5. The highest BCUT2D eigenvalue weighted by atomic mass is 32.5. The van der Waals surface area contributed by atoms with Crippen molar-refractivity contribution in [3.8, 4) is 17.6 Å². The summed E-state index contributed by atoms with van der Waals surface area (Å²) in [5.74, 6) is -0.529. The number of fused-ring (bicyclic) bond motifs is 2. The van der Waals surface area contributed by atoms with E-state index in [4.69, 9.17) is 49.1 Å². The molecule has 8 atom stereocenters. The highest BCUT2D eigenvalue weighted by molar-refractivity contribution is 8.07. The molecule has 6 heterocycles. The van der Waals surface area contributed by atoms with Gasteiger partial charge in [0.2, 0.25) is 23.7 Å². The largest absolute Gasteiger partial charge is 0.497 e. The lowest BCUT2D eigenvalue weighted by Gasteiger charge is -2.41. The first kappa shape index (κ1) is 63.0. The fraction of sp³-hybridized carbons (Fsp3) is 0.450. The van der Waals surface area contributed by atoms with Crippen LogP contribution < -0.4 is 31.2 Å². The van der Waals surface area contributed by atoms with Crippen LogP contribution in [0.1, 0.15) is 109 Å². The first-order chi connectivity index (χ1) is 41.3. The second-order valence-corrected chi connectivity index (χ2v) is 24.7. The van der Waals surface area contributed by atoms with Crippen molar-refractivity contribution in [2.75, 3.05) is 38.1 Å². The van der Waals surface area contributed by atoms with Crippen LogP contribution in [-0.2, 0) is 54.8 Å². The minimum absolute atomic E-state index is 0.000871. The van der Waals surface area contributed by atoms with Gasteiger partial charge in [0.25, 0.3) is 11.1 Å². The minimum Gasteiger partial charge on any atom is -0.497 e. The van der Waals surface area contributed by atoms with Gasteiger partial charge < -0.3 is 42.4 Å². The number of hydrogen-bond acceptors (Lipinski definition) is 19. The summed E-state index contributed by atoms with van der Waals surface area (Å²) < 4.78 is 56.2. The highest BCUT2D eigenvalue weighted by Gasteiger charge is 2.48. The number of allylic oxidation sites excluding steroid dienone is 1. The smallest absolute Gasteiger partial charge is 0.327 e. The van der Waals surface area contributed by atoms with E-state index in [9.17, 15) is 29.5 Å². The summed E-state index contributed by atoms with van der Waals surface area (Å²) in [4.78, 5) is 75.3. The number of nitrogens with zero attached hydrogens (tertiary/aromatic N) is 7. The number of aromatic amines is 2. The zero-order valence-corrected chi connectivity index (χ0v) is 50.8. The Morgan fingerprint density at radius 3 is 1.78 bits per heavy atom. The van der Waals surface area contributed by atoms with Crippen LogP contribution in [0.2, 0.25) is 0 Å². The number of amides is 2. The van der Waals surface area contributed by atoms with Crippen LogP contribution in [0.3, 0.4) is 0 Å². The summed E-state index contributed by atoms with van der Waals surface area (Å²) in [6.45, 7) is 10.1. The molecule has 5 N–H and O–H groups in total. The van der Waals surface area contributed by atoms with E-state index in [1.54, 1.807) is 52.6 Å². The van der Waals surface area contributed by atoms with Crippen LogP contribution in [0.5, 0.6) is 11.5 Å². The Kier molecular flexibility index (Phi) is 19.8. The lowest BCUT2D eigenvalue weighted by Crippen LogP contribution is -2.39. The molecule has 86 heavy (non-hydrogen) atoms. The number of anilines is 2. The first-order valence-corrected chi connectivity index (χ1v) is 31.0. The Morgan fingerprint density at radius 2 is 1.30 bits per heavy atom. The Morgan fingerprint density at radius 1 is 0.802 bits per heavy atom. The average molecular weight is 1220 g/mol. The van der Waals surface area contributed by atoms with Crippen LogP contribution >= 0.6 is 6.72 Å². The van der Waals surface area contributed by atoms with Crippen LogP contribution in [-0.4, -0.2) is 114 Å². The van der Waals surface area contributed by atoms with Crippen molar-refractivity contribution < 1.29 is 52.0 Å². The second kappa shape index (κ2) is 27.0. The third-order valence-electron chi connectivity index (χ3n) is 15.9. The molecule has 7 aromatic rings. The van der Waals surface area contributed by atoms with Gasteiger partial charge in [-0.05, 0) is 72.0 Å². The number of benzene rings is 3. The number of hydrogen-bond donors (Lipinski definition) is 5. The molecule has 0 saturated carbocycles. The lowest BCUT2D eigenvalue weighted by atomic mass is 9.73. The van der Waals surface area contributed by atoms with Gasteiger partial charge >= 0.3 is 6.72 Å². The van der Waals surface area contributed by atoms with Crippen LogP contribution in [0.15, 0.2) is 114 Å². The van der Waals surface area contributed by atoms with Gasteiger partial charge in [0.15, 0.2) is 22.3 Å². The molecule has 9 rings (SSSR count). The summed E-state index contributed by atoms with van der Waals surface area (Å²) in [5.41, 5.74) is -0.841. The summed E-state index contributed by atoms with van der Waals surface area (Å²) in [6, 6.07) is 27.1.